The largest absolute Gasteiger partial charge is 0.488 e. The second-order valence-corrected chi connectivity index (χ2v) is 11.1. The van der Waals surface area contributed by atoms with E-state index in [0.717, 1.165) is 26.8 Å². The third-order valence-corrected chi connectivity index (χ3v) is 6.51. The van der Waals surface area contributed by atoms with Gasteiger partial charge in [0, 0.05) is 22.3 Å². The molecule has 0 fully saturated rings. The highest BCUT2D eigenvalue weighted by molar-refractivity contribution is 14.1. The van der Waals surface area contributed by atoms with Gasteiger partial charge in [-0.2, -0.15) is 0 Å². The maximum absolute atomic E-state index is 13.2. The van der Waals surface area contributed by atoms with Crippen LogP contribution in [0.25, 0.3) is 0 Å². The molecule has 2 amide bonds. The zero-order valence-electron chi connectivity index (χ0n) is 20.8. The molecule has 36 heavy (non-hydrogen) atoms. The van der Waals surface area contributed by atoms with Gasteiger partial charge in [-0.25, -0.2) is 4.79 Å². The van der Waals surface area contributed by atoms with E-state index in [1.165, 1.54) is 5.56 Å². The number of anilines is 1. The summed E-state index contributed by atoms with van der Waals surface area (Å²) in [6.07, 6.45) is 1.16. The molecule has 1 aliphatic heterocycles. The zero-order chi connectivity index (χ0) is 25.7. The fraction of sp³-hybridized carbons (Fsp3) is 0.310. The maximum atomic E-state index is 13.2. The summed E-state index contributed by atoms with van der Waals surface area (Å²) in [6.45, 7) is 7.19. The van der Waals surface area contributed by atoms with Crippen molar-refractivity contribution in [3.05, 3.63) is 92.6 Å². The van der Waals surface area contributed by atoms with Gasteiger partial charge in [-0.15, -0.1) is 0 Å². The van der Waals surface area contributed by atoms with Crippen LogP contribution >= 0.6 is 22.6 Å². The molecule has 0 aliphatic carbocycles. The van der Waals surface area contributed by atoms with Crippen molar-refractivity contribution in [3.8, 4) is 5.75 Å². The maximum Gasteiger partial charge on any atom is 0.410 e. The Kier molecular flexibility index (Phi) is 8.18. The van der Waals surface area contributed by atoms with Gasteiger partial charge in [-0.1, -0.05) is 36.4 Å². The van der Waals surface area contributed by atoms with Crippen molar-refractivity contribution in [1.82, 2.24) is 4.90 Å². The fourth-order valence-electron chi connectivity index (χ4n) is 4.05. The molecule has 188 valence electrons. The summed E-state index contributed by atoms with van der Waals surface area (Å²) >= 11 is 2.22. The monoisotopic (exact) mass is 598 g/mol. The molecule has 3 aromatic carbocycles. The number of carbonyl (C=O) groups excluding carboxylic acids is 2. The van der Waals surface area contributed by atoms with Crippen LogP contribution in [0, 0.1) is 3.57 Å². The molecule has 1 N–H and O–H groups in total. The summed E-state index contributed by atoms with van der Waals surface area (Å²) in [5.74, 6) is 0.324. The van der Waals surface area contributed by atoms with Crippen LogP contribution in [0.2, 0.25) is 0 Å². The lowest BCUT2D eigenvalue weighted by molar-refractivity contribution is 0.0258. The predicted octanol–water partition coefficient (Wildman–Crippen LogP) is 6.46. The third-order valence-electron chi connectivity index (χ3n) is 5.84. The number of nitrogens with zero attached hydrogens (tertiary/aromatic N) is 1. The second kappa shape index (κ2) is 11.3. The van der Waals surface area contributed by atoms with Crippen LogP contribution in [0.3, 0.4) is 0 Å². The molecule has 3 aromatic rings. The van der Waals surface area contributed by atoms with Crippen LogP contribution in [0.4, 0.5) is 10.5 Å². The van der Waals surface area contributed by atoms with E-state index in [9.17, 15) is 9.59 Å². The number of benzene rings is 3. The molecule has 0 atom stereocenters. The Bertz CT molecular complexity index is 1240. The summed E-state index contributed by atoms with van der Waals surface area (Å²) in [7, 11) is 0. The number of rotatable bonds is 5. The summed E-state index contributed by atoms with van der Waals surface area (Å²) in [6, 6.07) is 21.4. The van der Waals surface area contributed by atoms with Crippen molar-refractivity contribution >= 4 is 40.3 Å². The Hall–Kier alpha value is -3.07. The van der Waals surface area contributed by atoms with Gasteiger partial charge in [0.1, 0.15) is 18.0 Å². The van der Waals surface area contributed by atoms with Crippen LogP contribution in [0.15, 0.2) is 66.7 Å². The highest BCUT2D eigenvalue weighted by Gasteiger charge is 2.24. The Morgan fingerprint density at radius 2 is 1.67 bits per heavy atom. The van der Waals surface area contributed by atoms with E-state index < -0.39 is 5.60 Å². The highest BCUT2D eigenvalue weighted by atomic mass is 127. The van der Waals surface area contributed by atoms with Gasteiger partial charge in [-0.05, 0) is 103 Å². The molecular formula is C29H31IN2O4. The van der Waals surface area contributed by atoms with Gasteiger partial charge in [0.25, 0.3) is 5.91 Å². The topological polar surface area (TPSA) is 67.9 Å². The minimum absolute atomic E-state index is 0.224. The van der Waals surface area contributed by atoms with Crippen molar-refractivity contribution in [1.29, 1.82) is 0 Å². The van der Waals surface area contributed by atoms with Crippen LogP contribution in [-0.4, -0.2) is 35.6 Å². The zero-order valence-corrected chi connectivity index (χ0v) is 23.0. The number of halogens is 1. The molecule has 0 unspecified atom stereocenters. The standard InChI is InChI=1S/C29H31IN2O4/c1-29(2,3)36-28(34)32-15-13-21-9-11-24(17-22(21)14-16-32)31-27(33)25-12-10-23(30)18-26(25)35-19-20-7-5-4-6-8-20/h4-12,17-18H,13-16,19H2,1-3H3,(H,31,33). The SMILES string of the molecule is CC(C)(C)OC(=O)N1CCc2ccc(NC(=O)c3ccc(I)cc3OCc3ccccc3)cc2CC1. The normalized spacial score (nSPS) is 13.4. The highest BCUT2D eigenvalue weighted by Crippen LogP contribution is 2.26. The molecule has 7 heteroatoms. The molecule has 0 spiro atoms. The summed E-state index contributed by atoms with van der Waals surface area (Å²) < 4.78 is 12.6. The molecule has 1 heterocycles. The first-order valence-corrected chi connectivity index (χ1v) is 13.1. The lowest BCUT2D eigenvalue weighted by Gasteiger charge is -2.26. The smallest absolute Gasteiger partial charge is 0.410 e. The van der Waals surface area contributed by atoms with Gasteiger partial charge >= 0.3 is 6.09 Å². The number of fused-ring (bicyclic) bond motifs is 1. The minimum atomic E-state index is -0.521. The molecular weight excluding hydrogens is 567 g/mol. The summed E-state index contributed by atoms with van der Waals surface area (Å²) in [5, 5.41) is 3.03. The number of amides is 2. The minimum Gasteiger partial charge on any atom is -0.488 e. The average molecular weight is 598 g/mol. The van der Waals surface area contributed by atoms with Crippen molar-refractivity contribution in [2.24, 2.45) is 0 Å². The van der Waals surface area contributed by atoms with E-state index in [4.69, 9.17) is 9.47 Å². The van der Waals surface area contributed by atoms with Crippen molar-refractivity contribution < 1.29 is 19.1 Å². The van der Waals surface area contributed by atoms with Crippen LogP contribution in [0.5, 0.6) is 5.75 Å². The van der Waals surface area contributed by atoms with E-state index in [0.29, 0.717) is 37.4 Å². The van der Waals surface area contributed by atoms with Gasteiger partial charge in [-0.3, -0.25) is 4.79 Å². The van der Waals surface area contributed by atoms with E-state index in [1.807, 2.05) is 81.4 Å². The molecule has 0 aromatic heterocycles. The summed E-state index contributed by atoms with van der Waals surface area (Å²) in [5.41, 5.74) is 4.03. The number of hydrogen-bond donors (Lipinski definition) is 1. The van der Waals surface area contributed by atoms with Crippen LogP contribution in [-0.2, 0) is 24.2 Å². The Morgan fingerprint density at radius 1 is 0.944 bits per heavy atom. The second-order valence-electron chi connectivity index (χ2n) is 9.82. The van der Waals surface area contributed by atoms with Crippen LogP contribution in [0.1, 0.15) is 47.8 Å². The van der Waals surface area contributed by atoms with Crippen molar-refractivity contribution in [3.63, 3.8) is 0 Å². The molecule has 1 aliphatic rings. The quantitative estimate of drug-likeness (QED) is 0.343. The Morgan fingerprint density at radius 3 is 2.39 bits per heavy atom. The first-order valence-electron chi connectivity index (χ1n) is 12.1. The Balaban J connectivity index is 1.44. The molecule has 0 bridgehead atoms. The number of nitrogens with one attached hydrogen (secondary N) is 1. The van der Waals surface area contributed by atoms with E-state index in [1.54, 1.807) is 11.0 Å². The van der Waals surface area contributed by atoms with Crippen molar-refractivity contribution in [2.75, 3.05) is 18.4 Å². The van der Waals surface area contributed by atoms with E-state index in [2.05, 4.69) is 27.9 Å². The molecule has 0 radical (unpaired) electrons. The van der Waals surface area contributed by atoms with Crippen LogP contribution < -0.4 is 10.1 Å². The Labute approximate surface area is 226 Å². The molecule has 6 nitrogen and oxygen atoms in total. The van der Waals surface area contributed by atoms with Gasteiger partial charge < -0.3 is 19.7 Å². The lowest BCUT2D eigenvalue weighted by Crippen LogP contribution is -2.38. The van der Waals surface area contributed by atoms with E-state index >= 15 is 0 Å². The first-order chi connectivity index (χ1) is 17.2. The number of hydrogen-bond acceptors (Lipinski definition) is 4. The average Bonchev–Trinajstić information content (AvgIpc) is 3.05. The molecule has 0 saturated heterocycles. The summed E-state index contributed by atoms with van der Waals surface area (Å²) in [4.78, 5) is 27.5. The van der Waals surface area contributed by atoms with E-state index in [-0.39, 0.29) is 12.0 Å². The third kappa shape index (κ3) is 7.00. The first kappa shape index (κ1) is 26.0. The van der Waals surface area contributed by atoms with Gasteiger partial charge in [0.15, 0.2) is 0 Å². The predicted molar refractivity (Wildman–Crippen MR) is 150 cm³/mol. The van der Waals surface area contributed by atoms with Gasteiger partial charge in [0.05, 0.1) is 5.56 Å². The number of carbonyl (C=O) groups is 2. The molecule has 4 rings (SSSR count). The van der Waals surface area contributed by atoms with Gasteiger partial charge in [0.2, 0.25) is 0 Å². The van der Waals surface area contributed by atoms with Crippen molar-refractivity contribution in [2.45, 2.75) is 45.8 Å². The molecule has 0 saturated carbocycles. The lowest BCUT2D eigenvalue weighted by atomic mass is 10.0. The number of ether oxygens (including phenoxy) is 2. The fourth-order valence-corrected chi connectivity index (χ4v) is 4.51.